The molecule has 0 unspecified atom stereocenters. The Morgan fingerprint density at radius 3 is 2.33 bits per heavy atom. The zero-order valence-corrected chi connectivity index (χ0v) is 12.4. The minimum atomic E-state index is -1.71. The molecule has 1 aliphatic heterocycles. The summed E-state index contributed by atoms with van der Waals surface area (Å²) in [5.74, 6) is 0. The Morgan fingerprint density at radius 1 is 1.00 bits per heavy atom. The second-order valence-electron chi connectivity index (χ2n) is 6.16. The molecule has 1 nitrogen and oxygen atoms in total. The van der Waals surface area contributed by atoms with Gasteiger partial charge in [0.1, 0.15) is 0 Å². The van der Waals surface area contributed by atoms with Gasteiger partial charge in [0.05, 0.1) is 5.60 Å². The van der Waals surface area contributed by atoms with Crippen LogP contribution in [0.15, 0.2) is 36.4 Å². The van der Waals surface area contributed by atoms with Crippen molar-refractivity contribution in [3.8, 4) is 0 Å². The lowest BCUT2D eigenvalue weighted by Crippen LogP contribution is -2.38. The molecule has 0 saturated heterocycles. The zero-order chi connectivity index (χ0) is 12.6. The van der Waals surface area contributed by atoms with Crippen LogP contribution in [0, 0.1) is 0 Å². The summed E-state index contributed by atoms with van der Waals surface area (Å²) in [7, 11) is -1.71. The van der Waals surface area contributed by atoms with Gasteiger partial charge in [-0.25, -0.2) is 0 Å². The zero-order valence-electron chi connectivity index (χ0n) is 11.4. The standard InChI is InChI=1S/C16H22OSi/c1-18(2)15(14-9-5-3-6-10-14)13-16(17-18)11-7-4-8-12-16/h3,5-6,9-10,13H,4,7-8,11-12H2,1-2H3. The predicted octanol–water partition coefficient (Wildman–Crippen LogP) is 4.55. The lowest BCUT2D eigenvalue weighted by molar-refractivity contribution is 0.0808. The van der Waals surface area contributed by atoms with Gasteiger partial charge in [-0.15, -0.1) is 0 Å². The van der Waals surface area contributed by atoms with E-state index >= 15 is 0 Å². The number of hydrogen-bond acceptors (Lipinski definition) is 1. The molecule has 0 aromatic heterocycles. The molecule has 3 rings (SSSR count). The highest BCUT2D eigenvalue weighted by molar-refractivity contribution is 6.90. The Hall–Kier alpha value is -0.863. The molecule has 0 radical (unpaired) electrons. The number of benzene rings is 1. The molecule has 1 aromatic carbocycles. The molecule has 1 saturated carbocycles. The summed E-state index contributed by atoms with van der Waals surface area (Å²) in [5.41, 5.74) is 1.45. The molecule has 96 valence electrons. The fraction of sp³-hybridized carbons (Fsp3) is 0.500. The maximum absolute atomic E-state index is 6.59. The molecule has 18 heavy (non-hydrogen) atoms. The second kappa shape index (κ2) is 4.36. The topological polar surface area (TPSA) is 9.23 Å². The molecule has 0 N–H and O–H groups in total. The van der Waals surface area contributed by atoms with Crippen molar-refractivity contribution in [1.29, 1.82) is 0 Å². The molecule has 2 aliphatic rings. The number of hydrogen-bond donors (Lipinski definition) is 0. The molecule has 1 fully saturated rings. The van der Waals surface area contributed by atoms with Crippen LogP contribution in [0.25, 0.3) is 5.20 Å². The predicted molar refractivity (Wildman–Crippen MR) is 78.8 cm³/mol. The Balaban J connectivity index is 1.99. The van der Waals surface area contributed by atoms with Gasteiger partial charge in [0, 0.05) is 0 Å². The second-order valence-corrected chi connectivity index (χ2v) is 9.93. The third-order valence-electron chi connectivity index (χ3n) is 4.30. The monoisotopic (exact) mass is 258 g/mol. The van der Waals surface area contributed by atoms with E-state index in [0.29, 0.717) is 0 Å². The normalized spacial score (nSPS) is 25.1. The van der Waals surface area contributed by atoms with E-state index in [4.69, 9.17) is 4.43 Å². The van der Waals surface area contributed by atoms with Crippen molar-refractivity contribution in [3.05, 3.63) is 42.0 Å². The molecule has 1 spiro atoms. The first-order valence-corrected chi connectivity index (χ1v) is 10.0. The minimum Gasteiger partial charge on any atom is -0.404 e. The summed E-state index contributed by atoms with van der Waals surface area (Å²) in [6.45, 7) is 4.68. The molecule has 2 heteroatoms. The lowest BCUT2D eigenvalue weighted by atomic mass is 9.84. The summed E-state index contributed by atoms with van der Waals surface area (Å²) in [6, 6.07) is 10.8. The molecular formula is C16H22OSi. The van der Waals surface area contributed by atoms with Crippen LogP contribution in [-0.4, -0.2) is 13.9 Å². The summed E-state index contributed by atoms with van der Waals surface area (Å²) in [4.78, 5) is 0. The molecule has 1 aliphatic carbocycles. The Bertz CT molecular complexity index is 455. The smallest absolute Gasteiger partial charge is 0.219 e. The highest BCUT2D eigenvalue weighted by atomic mass is 28.4. The fourth-order valence-corrected chi connectivity index (χ4v) is 6.34. The van der Waals surface area contributed by atoms with Crippen LogP contribution in [0.4, 0.5) is 0 Å². The van der Waals surface area contributed by atoms with Gasteiger partial charge >= 0.3 is 0 Å². The molecule has 0 atom stereocenters. The molecule has 0 amide bonds. The number of rotatable bonds is 1. The molecule has 1 heterocycles. The van der Waals surface area contributed by atoms with E-state index in [1.54, 1.807) is 0 Å². The van der Waals surface area contributed by atoms with Crippen molar-refractivity contribution in [2.45, 2.75) is 50.8 Å². The highest BCUT2D eigenvalue weighted by Crippen LogP contribution is 2.46. The van der Waals surface area contributed by atoms with Gasteiger partial charge in [-0.2, -0.15) is 0 Å². The lowest BCUT2D eigenvalue weighted by Gasteiger charge is -2.35. The average Bonchev–Trinajstić information content (AvgIpc) is 2.62. The fourth-order valence-electron chi connectivity index (χ4n) is 3.47. The summed E-state index contributed by atoms with van der Waals surface area (Å²) in [5, 5.41) is 1.50. The van der Waals surface area contributed by atoms with E-state index < -0.39 is 8.32 Å². The van der Waals surface area contributed by atoms with Crippen molar-refractivity contribution >= 4 is 13.5 Å². The average molecular weight is 258 g/mol. The largest absolute Gasteiger partial charge is 0.404 e. The van der Waals surface area contributed by atoms with Crippen molar-refractivity contribution in [2.75, 3.05) is 0 Å². The van der Waals surface area contributed by atoms with E-state index in [9.17, 15) is 0 Å². The first-order chi connectivity index (χ1) is 8.61. The first-order valence-electron chi connectivity index (χ1n) is 7.10. The summed E-state index contributed by atoms with van der Waals surface area (Å²) >= 11 is 0. The van der Waals surface area contributed by atoms with Crippen LogP contribution in [-0.2, 0) is 4.43 Å². The van der Waals surface area contributed by atoms with Crippen LogP contribution in [0.1, 0.15) is 37.7 Å². The van der Waals surface area contributed by atoms with Gasteiger partial charge in [0.2, 0.25) is 8.32 Å². The van der Waals surface area contributed by atoms with E-state index in [-0.39, 0.29) is 5.60 Å². The SMILES string of the molecule is C[Si]1(C)OC2(C=C1c1ccccc1)CCCCC2. The van der Waals surface area contributed by atoms with E-state index in [0.717, 1.165) is 0 Å². The Labute approximate surface area is 111 Å². The Kier molecular flexibility index (Phi) is 2.95. The van der Waals surface area contributed by atoms with Gasteiger partial charge < -0.3 is 4.43 Å². The van der Waals surface area contributed by atoms with Gasteiger partial charge in [-0.05, 0) is 36.7 Å². The molecular weight excluding hydrogens is 236 g/mol. The van der Waals surface area contributed by atoms with Crippen LogP contribution >= 0.6 is 0 Å². The van der Waals surface area contributed by atoms with Crippen molar-refractivity contribution < 1.29 is 4.43 Å². The van der Waals surface area contributed by atoms with Crippen LogP contribution in [0.5, 0.6) is 0 Å². The maximum Gasteiger partial charge on any atom is 0.219 e. The van der Waals surface area contributed by atoms with Crippen LogP contribution in [0.2, 0.25) is 13.1 Å². The highest BCUT2D eigenvalue weighted by Gasteiger charge is 2.46. The van der Waals surface area contributed by atoms with Gasteiger partial charge in [-0.3, -0.25) is 0 Å². The van der Waals surface area contributed by atoms with E-state index in [2.05, 4.69) is 49.5 Å². The van der Waals surface area contributed by atoms with Crippen molar-refractivity contribution in [2.24, 2.45) is 0 Å². The van der Waals surface area contributed by atoms with Crippen LogP contribution < -0.4 is 0 Å². The van der Waals surface area contributed by atoms with Gasteiger partial charge in [0.15, 0.2) is 0 Å². The maximum atomic E-state index is 6.59. The van der Waals surface area contributed by atoms with Crippen LogP contribution in [0.3, 0.4) is 0 Å². The van der Waals surface area contributed by atoms with Gasteiger partial charge in [0.25, 0.3) is 0 Å². The Morgan fingerprint density at radius 2 is 1.67 bits per heavy atom. The van der Waals surface area contributed by atoms with Crippen molar-refractivity contribution in [1.82, 2.24) is 0 Å². The summed E-state index contributed by atoms with van der Waals surface area (Å²) < 4.78 is 6.59. The molecule has 0 bridgehead atoms. The van der Waals surface area contributed by atoms with E-state index in [1.165, 1.54) is 42.9 Å². The van der Waals surface area contributed by atoms with Gasteiger partial charge in [-0.1, -0.05) is 55.7 Å². The summed E-state index contributed by atoms with van der Waals surface area (Å²) in [6.07, 6.45) is 8.95. The third-order valence-corrected chi connectivity index (χ3v) is 6.95. The quantitative estimate of drug-likeness (QED) is 0.672. The molecule has 1 aromatic rings. The van der Waals surface area contributed by atoms with E-state index in [1.807, 2.05) is 0 Å². The third kappa shape index (κ3) is 2.08. The van der Waals surface area contributed by atoms with Crippen molar-refractivity contribution in [3.63, 3.8) is 0 Å². The first kappa shape index (κ1) is 12.2. The minimum absolute atomic E-state index is 0.0825.